The zero-order chi connectivity index (χ0) is 15.1. The van der Waals surface area contributed by atoms with Gasteiger partial charge in [0.15, 0.2) is 0 Å². The minimum Gasteiger partial charge on any atom is -0.383 e. The van der Waals surface area contributed by atoms with Crippen molar-refractivity contribution in [3.63, 3.8) is 0 Å². The zero-order valence-corrected chi connectivity index (χ0v) is 12.4. The lowest BCUT2D eigenvalue weighted by Crippen LogP contribution is -2.27. The number of hydrogen-bond donors (Lipinski definition) is 2. The first-order chi connectivity index (χ1) is 10.2. The second kappa shape index (κ2) is 7.61. The normalized spacial score (nSPS) is 10.2. The van der Waals surface area contributed by atoms with Crippen LogP contribution in [0, 0.1) is 0 Å². The number of carbonyl (C=O) groups is 1. The maximum Gasteiger partial charge on any atom is 0.269 e. The number of amides is 1. The number of nitrogens with one attached hydrogen (secondary N) is 2. The van der Waals surface area contributed by atoms with E-state index >= 15 is 0 Å². The smallest absolute Gasteiger partial charge is 0.269 e. The summed E-state index contributed by atoms with van der Waals surface area (Å²) in [5, 5.41) is 6.53. The van der Waals surface area contributed by atoms with E-state index < -0.39 is 0 Å². The monoisotopic (exact) mass is 305 g/mol. The van der Waals surface area contributed by atoms with E-state index in [1.54, 1.807) is 31.5 Å². The minimum atomic E-state index is -0.221. The number of pyridine rings is 1. The Morgan fingerprint density at radius 2 is 2.14 bits per heavy atom. The van der Waals surface area contributed by atoms with Crippen LogP contribution in [0.15, 0.2) is 42.6 Å². The number of anilines is 2. The minimum absolute atomic E-state index is 0.221. The number of rotatable bonds is 6. The summed E-state index contributed by atoms with van der Waals surface area (Å²) in [5.41, 5.74) is 2.01. The van der Waals surface area contributed by atoms with E-state index in [-0.39, 0.29) is 5.91 Å². The molecule has 0 bridgehead atoms. The van der Waals surface area contributed by atoms with Gasteiger partial charge in [0.2, 0.25) is 0 Å². The topological polar surface area (TPSA) is 63.2 Å². The number of nitrogens with zero attached hydrogens (tertiary/aromatic N) is 1. The molecule has 0 aliphatic rings. The van der Waals surface area contributed by atoms with Crippen LogP contribution in [-0.2, 0) is 4.74 Å². The summed E-state index contributed by atoms with van der Waals surface area (Å²) in [6.07, 6.45) is 1.60. The number of ether oxygens (including phenoxy) is 1. The van der Waals surface area contributed by atoms with Crippen molar-refractivity contribution in [3.05, 3.63) is 53.3 Å². The van der Waals surface area contributed by atoms with Crippen LogP contribution in [0.3, 0.4) is 0 Å². The van der Waals surface area contributed by atoms with E-state index in [1.807, 2.05) is 18.2 Å². The van der Waals surface area contributed by atoms with Gasteiger partial charge in [-0.3, -0.25) is 4.79 Å². The fraction of sp³-hybridized carbons (Fsp3) is 0.200. The molecule has 0 aliphatic carbocycles. The van der Waals surface area contributed by atoms with Crippen LogP contribution in [-0.4, -0.2) is 31.2 Å². The Balaban J connectivity index is 1.97. The molecule has 110 valence electrons. The van der Waals surface area contributed by atoms with Crippen molar-refractivity contribution in [2.75, 3.05) is 25.6 Å². The van der Waals surface area contributed by atoms with Gasteiger partial charge in [0.25, 0.3) is 5.91 Å². The van der Waals surface area contributed by atoms with Gasteiger partial charge >= 0.3 is 0 Å². The summed E-state index contributed by atoms with van der Waals surface area (Å²) in [6.45, 7) is 0.930. The summed E-state index contributed by atoms with van der Waals surface area (Å²) in [6, 6.07) is 10.8. The zero-order valence-electron chi connectivity index (χ0n) is 11.6. The number of aromatic nitrogens is 1. The number of hydrogen-bond acceptors (Lipinski definition) is 4. The molecular weight excluding hydrogens is 290 g/mol. The molecule has 2 N–H and O–H groups in total. The maximum absolute atomic E-state index is 11.8. The van der Waals surface area contributed by atoms with Gasteiger partial charge in [0.1, 0.15) is 5.69 Å². The quantitative estimate of drug-likeness (QED) is 0.806. The molecule has 1 aromatic carbocycles. The molecule has 1 heterocycles. The average molecular weight is 306 g/mol. The van der Waals surface area contributed by atoms with E-state index in [0.29, 0.717) is 23.9 Å². The van der Waals surface area contributed by atoms with Gasteiger partial charge in [-0.05, 0) is 30.3 Å². The lowest BCUT2D eigenvalue weighted by molar-refractivity contribution is 0.0932. The molecule has 1 aromatic heterocycles. The van der Waals surface area contributed by atoms with Gasteiger partial charge in [-0.2, -0.15) is 0 Å². The molecule has 0 spiro atoms. The average Bonchev–Trinajstić information content (AvgIpc) is 2.48. The van der Waals surface area contributed by atoms with Gasteiger partial charge in [-0.15, -0.1) is 0 Å². The van der Waals surface area contributed by atoms with Crippen molar-refractivity contribution in [3.8, 4) is 0 Å². The SMILES string of the molecule is COCCNC(=O)c1ccc(Nc2cccc(Cl)c2)cn1. The second-order valence-electron chi connectivity index (χ2n) is 4.32. The molecule has 21 heavy (non-hydrogen) atoms. The first-order valence-corrected chi connectivity index (χ1v) is 6.82. The third-order valence-corrected chi connectivity index (χ3v) is 2.94. The molecule has 0 radical (unpaired) electrons. The van der Waals surface area contributed by atoms with Crippen LogP contribution >= 0.6 is 11.6 Å². The van der Waals surface area contributed by atoms with Gasteiger partial charge < -0.3 is 15.4 Å². The van der Waals surface area contributed by atoms with Gasteiger partial charge in [0.05, 0.1) is 18.5 Å². The molecule has 0 saturated heterocycles. The van der Waals surface area contributed by atoms with Crippen molar-refractivity contribution in [2.24, 2.45) is 0 Å². The van der Waals surface area contributed by atoms with Crippen molar-refractivity contribution >= 4 is 28.9 Å². The Bertz CT molecular complexity index is 602. The summed E-state index contributed by atoms with van der Waals surface area (Å²) < 4.78 is 4.87. The standard InChI is InChI=1S/C15H16ClN3O2/c1-21-8-7-17-15(20)14-6-5-13(10-18-14)19-12-4-2-3-11(16)9-12/h2-6,9-10,19H,7-8H2,1H3,(H,17,20). The maximum atomic E-state index is 11.8. The highest BCUT2D eigenvalue weighted by Crippen LogP contribution is 2.19. The van der Waals surface area contributed by atoms with Crippen molar-refractivity contribution in [1.82, 2.24) is 10.3 Å². The second-order valence-corrected chi connectivity index (χ2v) is 4.75. The van der Waals surface area contributed by atoms with E-state index in [2.05, 4.69) is 15.6 Å². The highest BCUT2D eigenvalue weighted by molar-refractivity contribution is 6.30. The molecule has 2 rings (SSSR count). The van der Waals surface area contributed by atoms with Crippen LogP contribution in [0.2, 0.25) is 5.02 Å². The molecule has 0 unspecified atom stereocenters. The van der Waals surface area contributed by atoms with Crippen LogP contribution < -0.4 is 10.6 Å². The van der Waals surface area contributed by atoms with Crippen LogP contribution in [0.4, 0.5) is 11.4 Å². The van der Waals surface area contributed by atoms with E-state index in [1.165, 1.54) is 0 Å². The Hall–Kier alpha value is -2.11. The summed E-state index contributed by atoms with van der Waals surface area (Å²) in [7, 11) is 1.58. The molecule has 0 atom stereocenters. The van der Waals surface area contributed by atoms with E-state index in [9.17, 15) is 4.79 Å². The Morgan fingerprint density at radius 3 is 2.81 bits per heavy atom. The van der Waals surface area contributed by atoms with Crippen LogP contribution in [0.5, 0.6) is 0 Å². The lowest BCUT2D eigenvalue weighted by Gasteiger charge is -2.07. The fourth-order valence-corrected chi connectivity index (χ4v) is 1.88. The number of halogens is 1. The summed E-state index contributed by atoms with van der Waals surface area (Å²) >= 11 is 5.92. The highest BCUT2D eigenvalue weighted by Gasteiger charge is 2.06. The number of benzene rings is 1. The third kappa shape index (κ3) is 4.73. The molecule has 1 amide bonds. The van der Waals surface area contributed by atoms with Gasteiger partial charge in [-0.1, -0.05) is 17.7 Å². The number of carbonyl (C=O) groups excluding carboxylic acids is 1. The Labute approximate surface area is 128 Å². The lowest BCUT2D eigenvalue weighted by atomic mass is 10.3. The largest absolute Gasteiger partial charge is 0.383 e. The van der Waals surface area contributed by atoms with Crippen molar-refractivity contribution in [2.45, 2.75) is 0 Å². The molecule has 6 heteroatoms. The van der Waals surface area contributed by atoms with E-state index in [0.717, 1.165) is 11.4 Å². The molecule has 2 aromatic rings. The molecule has 0 aliphatic heterocycles. The molecule has 0 saturated carbocycles. The highest BCUT2D eigenvalue weighted by atomic mass is 35.5. The predicted molar refractivity (Wildman–Crippen MR) is 83.2 cm³/mol. The number of methoxy groups -OCH3 is 1. The Morgan fingerprint density at radius 1 is 1.29 bits per heavy atom. The molecular formula is C15H16ClN3O2. The third-order valence-electron chi connectivity index (χ3n) is 2.70. The van der Waals surface area contributed by atoms with Gasteiger partial charge in [0, 0.05) is 24.4 Å². The summed E-state index contributed by atoms with van der Waals surface area (Å²) in [4.78, 5) is 15.9. The van der Waals surface area contributed by atoms with Crippen LogP contribution in [0.25, 0.3) is 0 Å². The van der Waals surface area contributed by atoms with Gasteiger partial charge in [-0.25, -0.2) is 4.98 Å². The molecule has 0 fully saturated rings. The van der Waals surface area contributed by atoms with E-state index in [4.69, 9.17) is 16.3 Å². The summed E-state index contributed by atoms with van der Waals surface area (Å²) in [5.74, 6) is -0.221. The Kier molecular flexibility index (Phi) is 5.54. The first-order valence-electron chi connectivity index (χ1n) is 6.45. The van der Waals surface area contributed by atoms with Crippen molar-refractivity contribution in [1.29, 1.82) is 0 Å². The predicted octanol–water partition coefficient (Wildman–Crippen LogP) is 2.85. The van der Waals surface area contributed by atoms with Crippen molar-refractivity contribution < 1.29 is 9.53 Å². The first kappa shape index (κ1) is 15.3. The van der Waals surface area contributed by atoms with Crippen LogP contribution in [0.1, 0.15) is 10.5 Å². The fourth-order valence-electron chi connectivity index (χ4n) is 1.69. The molecule has 5 nitrogen and oxygen atoms in total.